The van der Waals surface area contributed by atoms with E-state index in [0.29, 0.717) is 25.8 Å². The lowest BCUT2D eigenvalue weighted by atomic mass is 10.1. The van der Waals surface area contributed by atoms with E-state index >= 15 is 0 Å². The van der Waals surface area contributed by atoms with Crippen LogP contribution in [0.4, 0.5) is 0 Å². The van der Waals surface area contributed by atoms with E-state index in [-0.39, 0.29) is 18.9 Å². The number of nitrogens with zero attached hydrogens (tertiary/aromatic N) is 1. The fourth-order valence-electron chi connectivity index (χ4n) is 2.22. The molecule has 12 N–H and O–H groups in total. The molecule has 3 amide bonds. The largest absolute Gasteiger partial charge is 0.480 e. The fourth-order valence-corrected chi connectivity index (χ4v) is 2.22. The highest BCUT2D eigenvalue weighted by Crippen LogP contribution is 2.02. The van der Waals surface area contributed by atoms with Gasteiger partial charge >= 0.3 is 5.97 Å². The number of hydrogen-bond acceptors (Lipinski definition) is 7. The van der Waals surface area contributed by atoms with Gasteiger partial charge in [0.25, 0.3) is 0 Å². The summed E-state index contributed by atoms with van der Waals surface area (Å²) < 4.78 is 0. The maximum Gasteiger partial charge on any atom is 0.322 e. The van der Waals surface area contributed by atoms with Crippen LogP contribution >= 0.6 is 0 Å². The predicted octanol–water partition coefficient (Wildman–Crippen LogP) is -3.70. The number of hydrogen-bond donors (Lipinski definition) is 8. The average Bonchev–Trinajstić information content (AvgIpc) is 2.66. The van der Waals surface area contributed by atoms with Crippen molar-refractivity contribution in [3.63, 3.8) is 0 Å². The van der Waals surface area contributed by atoms with Crippen LogP contribution in [0.25, 0.3) is 0 Å². The highest BCUT2D eigenvalue weighted by atomic mass is 16.4. The number of rotatable bonds is 15. The number of guanidine groups is 1. The number of nitrogens with two attached hydrogens (primary N) is 4. The van der Waals surface area contributed by atoms with Gasteiger partial charge in [0.05, 0.1) is 12.6 Å². The molecule has 2 atom stereocenters. The summed E-state index contributed by atoms with van der Waals surface area (Å²) in [7, 11) is 0. The zero-order chi connectivity index (χ0) is 22.2. The van der Waals surface area contributed by atoms with Crippen molar-refractivity contribution >= 4 is 29.7 Å². The molecule has 166 valence electrons. The third-order valence-corrected chi connectivity index (χ3v) is 3.74. The SMILES string of the molecule is NCCCCC(N)C(=O)NC(CCCN=C(N)N)C(=O)NCC(=O)NCC(=O)O. The van der Waals surface area contributed by atoms with Gasteiger partial charge in [0.1, 0.15) is 12.6 Å². The summed E-state index contributed by atoms with van der Waals surface area (Å²) >= 11 is 0. The lowest BCUT2D eigenvalue weighted by molar-refractivity contribution is -0.138. The maximum atomic E-state index is 12.4. The molecule has 0 aromatic carbocycles. The van der Waals surface area contributed by atoms with Crippen LogP contribution in [0.5, 0.6) is 0 Å². The molecule has 0 aliphatic heterocycles. The molecule has 0 radical (unpaired) electrons. The lowest BCUT2D eigenvalue weighted by Gasteiger charge is -2.20. The molecule has 0 bridgehead atoms. The van der Waals surface area contributed by atoms with Gasteiger partial charge < -0.3 is 44.0 Å². The fraction of sp³-hybridized carbons (Fsp3) is 0.688. The minimum Gasteiger partial charge on any atom is -0.480 e. The number of aliphatic carboxylic acids is 1. The summed E-state index contributed by atoms with van der Waals surface area (Å²) in [6.45, 7) is -0.252. The normalized spacial score (nSPS) is 12.3. The number of aliphatic imine (C=N–C) groups is 1. The standard InChI is InChI=1S/C16H32N8O5/c17-6-2-1-4-10(18)14(28)24-11(5-3-7-21-16(19)20)15(29)23-8-12(25)22-9-13(26)27/h10-11H,1-9,17-18H2,(H,22,25)(H,23,29)(H,24,28)(H,26,27)(H4,19,20,21). The lowest BCUT2D eigenvalue weighted by Crippen LogP contribution is -2.52. The predicted molar refractivity (Wildman–Crippen MR) is 106 cm³/mol. The Morgan fingerprint density at radius 2 is 1.62 bits per heavy atom. The van der Waals surface area contributed by atoms with E-state index in [0.717, 1.165) is 6.42 Å². The number of carboxylic acids is 1. The van der Waals surface area contributed by atoms with Crippen LogP contribution in [0.3, 0.4) is 0 Å². The molecule has 0 heterocycles. The first-order valence-electron chi connectivity index (χ1n) is 9.25. The Bertz CT molecular complexity index is 580. The van der Waals surface area contributed by atoms with Crippen LogP contribution in [0.15, 0.2) is 4.99 Å². The summed E-state index contributed by atoms with van der Waals surface area (Å²) in [6.07, 6.45) is 2.43. The molecule has 0 aliphatic carbocycles. The third kappa shape index (κ3) is 13.8. The van der Waals surface area contributed by atoms with Crippen molar-refractivity contribution in [2.45, 2.75) is 44.2 Å². The Hall–Kier alpha value is -2.93. The van der Waals surface area contributed by atoms with Crippen molar-refractivity contribution in [3.8, 4) is 0 Å². The van der Waals surface area contributed by atoms with Gasteiger partial charge in [-0.2, -0.15) is 0 Å². The van der Waals surface area contributed by atoms with Gasteiger partial charge in [-0.15, -0.1) is 0 Å². The van der Waals surface area contributed by atoms with Gasteiger partial charge in [-0.3, -0.25) is 24.2 Å². The van der Waals surface area contributed by atoms with Gasteiger partial charge in [-0.25, -0.2) is 0 Å². The number of amides is 3. The van der Waals surface area contributed by atoms with E-state index in [2.05, 4.69) is 20.9 Å². The molecule has 0 aromatic heterocycles. The Kier molecular flexibility index (Phi) is 13.5. The van der Waals surface area contributed by atoms with Crippen LogP contribution in [-0.2, 0) is 19.2 Å². The Balaban J connectivity index is 4.74. The first kappa shape index (κ1) is 26.1. The Morgan fingerprint density at radius 1 is 0.931 bits per heavy atom. The summed E-state index contributed by atoms with van der Waals surface area (Å²) in [6, 6.07) is -1.75. The number of unbranched alkanes of at least 4 members (excludes halogenated alkanes) is 1. The first-order chi connectivity index (χ1) is 13.7. The van der Waals surface area contributed by atoms with E-state index in [4.69, 9.17) is 28.0 Å². The van der Waals surface area contributed by atoms with Crippen LogP contribution in [-0.4, -0.2) is 73.0 Å². The molecule has 13 heteroatoms. The minimum atomic E-state index is -1.21. The van der Waals surface area contributed by atoms with Gasteiger partial charge in [-0.05, 0) is 32.2 Å². The minimum absolute atomic E-state index is 0.0907. The zero-order valence-electron chi connectivity index (χ0n) is 16.4. The molecular weight excluding hydrogens is 384 g/mol. The molecule has 0 aromatic rings. The molecule has 0 rings (SSSR count). The van der Waals surface area contributed by atoms with Gasteiger partial charge in [0.2, 0.25) is 17.7 Å². The molecular formula is C16H32N8O5. The second kappa shape index (κ2) is 15.0. The maximum absolute atomic E-state index is 12.4. The van der Waals surface area contributed by atoms with Crippen LogP contribution in [0.1, 0.15) is 32.1 Å². The van der Waals surface area contributed by atoms with E-state index < -0.39 is 48.9 Å². The average molecular weight is 416 g/mol. The molecule has 0 spiro atoms. The quantitative estimate of drug-likeness (QED) is 0.0742. The van der Waals surface area contributed by atoms with E-state index in [9.17, 15) is 19.2 Å². The monoisotopic (exact) mass is 416 g/mol. The highest BCUT2D eigenvalue weighted by molar-refractivity contribution is 5.92. The molecule has 2 unspecified atom stereocenters. The zero-order valence-corrected chi connectivity index (χ0v) is 16.4. The van der Waals surface area contributed by atoms with Crippen LogP contribution < -0.4 is 38.9 Å². The Morgan fingerprint density at radius 3 is 2.21 bits per heavy atom. The molecule has 29 heavy (non-hydrogen) atoms. The highest BCUT2D eigenvalue weighted by Gasteiger charge is 2.23. The molecule has 0 aliphatic rings. The van der Waals surface area contributed by atoms with Crippen molar-refractivity contribution < 1.29 is 24.3 Å². The number of carbonyl (C=O) groups is 4. The number of carbonyl (C=O) groups excluding carboxylic acids is 3. The molecule has 0 saturated carbocycles. The first-order valence-corrected chi connectivity index (χ1v) is 9.25. The molecule has 0 saturated heterocycles. The third-order valence-electron chi connectivity index (χ3n) is 3.74. The van der Waals surface area contributed by atoms with E-state index in [1.807, 2.05) is 0 Å². The summed E-state index contributed by atoms with van der Waals surface area (Å²) in [5, 5.41) is 15.5. The van der Waals surface area contributed by atoms with E-state index in [1.54, 1.807) is 0 Å². The van der Waals surface area contributed by atoms with Crippen molar-refractivity contribution in [1.29, 1.82) is 0 Å². The van der Waals surface area contributed by atoms with Gasteiger partial charge in [0.15, 0.2) is 5.96 Å². The second-order valence-corrected chi connectivity index (χ2v) is 6.29. The summed E-state index contributed by atoms with van der Waals surface area (Å²) in [5.41, 5.74) is 21.7. The van der Waals surface area contributed by atoms with Crippen LogP contribution in [0.2, 0.25) is 0 Å². The van der Waals surface area contributed by atoms with Gasteiger partial charge in [-0.1, -0.05) is 6.42 Å². The second-order valence-electron chi connectivity index (χ2n) is 6.29. The van der Waals surface area contributed by atoms with Crippen LogP contribution in [0, 0.1) is 0 Å². The summed E-state index contributed by atoms with van der Waals surface area (Å²) in [5.74, 6) is -3.09. The van der Waals surface area contributed by atoms with Crippen molar-refractivity contribution in [2.75, 3.05) is 26.2 Å². The molecule has 13 nitrogen and oxygen atoms in total. The smallest absolute Gasteiger partial charge is 0.322 e. The van der Waals surface area contributed by atoms with Crippen molar-refractivity contribution in [2.24, 2.45) is 27.9 Å². The number of nitrogens with one attached hydrogen (secondary N) is 3. The van der Waals surface area contributed by atoms with Gasteiger partial charge in [0, 0.05) is 6.54 Å². The topological polar surface area (TPSA) is 241 Å². The van der Waals surface area contributed by atoms with E-state index in [1.165, 1.54) is 0 Å². The van der Waals surface area contributed by atoms with Crippen molar-refractivity contribution in [1.82, 2.24) is 16.0 Å². The number of carboxylic acid groups (broad SMARTS) is 1. The Labute approximate surface area is 169 Å². The summed E-state index contributed by atoms with van der Waals surface area (Å²) in [4.78, 5) is 50.4. The molecule has 0 fully saturated rings. The van der Waals surface area contributed by atoms with Crippen molar-refractivity contribution in [3.05, 3.63) is 0 Å².